The summed E-state index contributed by atoms with van der Waals surface area (Å²) in [7, 11) is 0. The van der Waals surface area contributed by atoms with Crippen molar-refractivity contribution in [2.45, 2.75) is 36.0 Å². The average Bonchev–Trinajstić information content (AvgIpc) is 2.20. The third-order valence-corrected chi connectivity index (χ3v) is 2.28. The summed E-state index contributed by atoms with van der Waals surface area (Å²) in [6.07, 6.45) is -27.0. The van der Waals surface area contributed by atoms with Crippen LogP contribution >= 0.6 is 0 Å². The van der Waals surface area contributed by atoms with Gasteiger partial charge in [0, 0.05) is 0 Å². The zero-order valence-corrected chi connectivity index (χ0v) is 8.77. The number of rotatable bonds is 3. The van der Waals surface area contributed by atoms with Crippen molar-refractivity contribution in [1.29, 1.82) is 0 Å². The average molecular weight is 332 g/mol. The fourth-order valence-electron chi connectivity index (χ4n) is 1.08. The Morgan fingerprint density at radius 3 is 1.10 bits per heavy atom. The van der Waals surface area contributed by atoms with Crippen molar-refractivity contribution >= 4 is 0 Å². The largest absolute Gasteiger partial charge is 0.434 e. The molecule has 0 radical (unpaired) electrons. The van der Waals surface area contributed by atoms with Crippen molar-refractivity contribution in [3.63, 3.8) is 0 Å². The van der Waals surface area contributed by atoms with Crippen LogP contribution in [0.5, 0.6) is 0 Å². The van der Waals surface area contributed by atoms with E-state index in [1.165, 1.54) is 0 Å². The van der Waals surface area contributed by atoms with Crippen LogP contribution in [0, 0.1) is 0 Å². The fraction of sp³-hybridized carbons (Fsp3) is 1.00. The lowest BCUT2D eigenvalue weighted by Gasteiger charge is -2.39. The summed E-state index contributed by atoms with van der Waals surface area (Å²) >= 11 is 0. The highest BCUT2D eigenvalue weighted by atomic mass is 19.4. The lowest BCUT2D eigenvalue weighted by molar-refractivity contribution is -0.384. The van der Waals surface area contributed by atoms with Crippen LogP contribution < -0.4 is 0 Å². The second-order valence-electron chi connectivity index (χ2n) is 3.59. The van der Waals surface area contributed by atoms with Crippen LogP contribution in [0.25, 0.3) is 0 Å². The highest BCUT2D eigenvalue weighted by molar-refractivity contribution is 5.11. The molecule has 0 rings (SSSR count). The van der Waals surface area contributed by atoms with E-state index in [2.05, 4.69) is 0 Å². The van der Waals surface area contributed by atoms with E-state index in [0.717, 1.165) is 0 Å². The summed E-state index contributed by atoms with van der Waals surface area (Å²) in [4.78, 5) is 0. The van der Waals surface area contributed by atoms with E-state index in [1.54, 1.807) is 0 Å². The van der Waals surface area contributed by atoms with Crippen molar-refractivity contribution in [1.82, 2.24) is 0 Å². The monoisotopic (exact) mass is 332 g/mol. The molecule has 13 heteroatoms. The van der Waals surface area contributed by atoms with Crippen molar-refractivity contribution < 1.29 is 57.8 Å². The van der Waals surface area contributed by atoms with Crippen LogP contribution in [0.15, 0.2) is 0 Å². The predicted octanol–water partition coefficient (Wildman–Crippen LogP) is 3.42. The molecule has 20 heavy (non-hydrogen) atoms. The van der Waals surface area contributed by atoms with Gasteiger partial charge < -0.3 is 5.11 Å². The van der Waals surface area contributed by atoms with E-state index in [9.17, 15) is 52.7 Å². The zero-order valence-electron chi connectivity index (χ0n) is 8.77. The minimum Gasteiger partial charge on any atom is -0.393 e. The third kappa shape index (κ3) is 2.63. The number of hydrogen-bond acceptors (Lipinski definition) is 1. The Hall–Kier alpha value is -0.880. The van der Waals surface area contributed by atoms with Crippen LogP contribution in [-0.2, 0) is 0 Å². The highest BCUT2D eigenvalue weighted by Crippen LogP contribution is 2.54. The predicted molar refractivity (Wildman–Crippen MR) is 37.8 cm³/mol. The van der Waals surface area contributed by atoms with Crippen LogP contribution in [-0.4, -0.2) is 47.8 Å². The molecule has 0 aliphatic rings. The van der Waals surface area contributed by atoms with Crippen molar-refractivity contribution in [2.24, 2.45) is 0 Å². The molecule has 0 spiro atoms. The smallest absolute Gasteiger partial charge is 0.393 e. The highest BCUT2D eigenvalue weighted by Gasteiger charge is 2.83. The molecule has 0 aromatic heterocycles. The molecular formula is C7H4F12O. The maximum atomic E-state index is 13.0. The summed E-state index contributed by atoms with van der Waals surface area (Å²) in [5.41, 5.74) is -13.2. The Morgan fingerprint density at radius 2 is 0.950 bits per heavy atom. The van der Waals surface area contributed by atoms with Gasteiger partial charge in [-0.1, -0.05) is 0 Å². The molecule has 2 atom stereocenters. The first-order valence-corrected chi connectivity index (χ1v) is 4.29. The number of halogens is 12. The van der Waals surface area contributed by atoms with Gasteiger partial charge in [0.05, 0.1) is 6.61 Å². The number of aliphatic hydroxyl groups is 1. The van der Waals surface area contributed by atoms with Gasteiger partial charge >= 0.3 is 24.2 Å². The van der Waals surface area contributed by atoms with Gasteiger partial charge in [-0.25, -0.2) is 13.2 Å². The van der Waals surface area contributed by atoms with Gasteiger partial charge in [0.25, 0.3) is 5.67 Å². The van der Waals surface area contributed by atoms with E-state index in [4.69, 9.17) is 5.11 Å². The van der Waals surface area contributed by atoms with E-state index in [0.29, 0.717) is 0 Å². The second-order valence-corrected chi connectivity index (χ2v) is 3.59. The first-order valence-electron chi connectivity index (χ1n) is 4.29. The SMILES string of the molecule is OC[C@](F)([C@H](F)C(F)(C(F)(F)F)C(F)(F)F)C(F)(F)F. The van der Waals surface area contributed by atoms with E-state index >= 15 is 0 Å². The van der Waals surface area contributed by atoms with Gasteiger partial charge in [0.1, 0.15) is 0 Å². The minimum atomic E-state index is -7.23. The van der Waals surface area contributed by atoms with Gasteiger partial charge in [-0.05, 0) is 0 Å². The van der Waals surface area contributed by atoms with Gasteiger partial charge in [0.2, 0.25) is 0 Å². The maximum Gasteiger partial charge on any atom is 0.434 e. The lowest BCUT2D eigenvalue weighted by atomic mass is 9.86. The first kappa shape index (κ1) is 19.1. The molecule has 0 saturated heterocycles. The molecule has 1 N–H and O–H groups in total. The summed E-state index contributed by atoms with van der Waals surface area (Å²) in [5, 5.41) is 7.95. The third-order valence-electron chi connectivity index (χ3n) is 2.28. The number of aliphatic hydroxyl groups excluding tert-OH is 1. The normalized spacial score (nSPS) is 19.6. The Labute approximate surface area is 102 Å². The van der Waals surface area contributed by atoms with E-state index in [1.807, 2.05) is 0 Å². The standard InChI is InChI=1S/C7H4F12O/c8-2(3(9,1-20)5(11,12)13)4(10,6(14,15)16)7(17,18)19/h2,20H,1H2/t2-,3-/m0/s1. The molecule has 0 bridgehead atoms. The molecule has 0 aromatic rings. The molecule has 0 aliphatic carbocycles. The van der Waals surface area contributed by atoms with Crippen molar-refractivity contribution in [3.8, 4) is 0 Å². The van der Waals surface area contributed by atoms with Crippen molar-refractivity contribution in [2.75, 3.05) is 6.61 Å². The Morgan fingerprint density at radius 1 is 0.650 bits per heavy atom. The Balaban J connectivity index is 6.13. The molecule has 122 valence electrons. The summed E-state index contributed by atoms with van der Waals surface area (Å²) in [6.45, 7) is -3.17. The number of hydrogen-bond donors (Lipinski definition) is 1. The molecule has 1 nitrogen and oxygen atoms in total. The van der Waals surface area contributed by atoms with Gasteiger partial charge in [-0.15, -0.1) is 0 Å². The van der Waals surface area contributed by atoms with E-state index < -0.39 is 42.6 Å². The zero-order chi connectivity index (χ0) is 16.8. The molecular weight excluding hydrogens is 328 g/mol. The molecule has 0 aromatic carbocycles. The minimum absolute atomic E-state index is 3.17. The Kier molecular flexibility index (Phi) is 4.63. The topological polar surface area (TPSA) is 20.2 Å². The number of alkyl halides is 12. The van der Waals surface area contributed by atoms with Crippen LogP contribution in [0.2, 0.25) is 0 Å². The molecule has 0 amide bonds. The van der Waals surface area contributed by atoms with Crippen LogP contribution in [0.3, 0.4) is 0 Å². The maximum absolute atomic E-state index is 13.0. The van der Waals surface area contributed by atoms with Gasteiger partial charge in [-0.3, -0.25) is 0 Å². The molecule has 0 aliphatic heterocycles. The second kappa shape index (κ2) is 4.84. The molecule has 0 unspecified atom stereocenters. The van der Waals surface area contributed by atoms with Gasteiger partial charge in [-0.2, -0.15) is 39.5 Å². The summed E-state index contributed by atoms with van der Waals surface area (Å²) in [6, 6.07) is 0. The van der Waals surface area contributed by atoms with Gasteiger partial charge in [0.15, 0.2) is 6.17 Å². The van der Waals surface area contributed by atoms with Crippen LogP contribution in [0.4, 0.5) is 52.7 Å². The molecule has 0 fully saturated rings. The lowest BCUT2D eigenvalue weighted by Crippen LogP contribution is -2.69. The molecule has 0 saturated carbocycles. The van der Waals surface area contributed by atoms with Crippen molar-refractivity contribution in [3.05, 3.63) is 0 Å². The summed E-state index contributed by atoms with van der Waals surface area (Å²) < 4.78 is 147. The van der Waals surface area contributed by atoms with Crippen LogP contribution in [0.1, 0.15) is 0 Å². The first-order chi connectivity index (χ1) is 8.47. The fourth-order valence-corrected chi connectivity index (χ4v) is 1.08. The quantitative estimate of drug-likeness (QED) is 0.786. The van der Waals surface area contributed by atoms with E-state index in [-0.39, 0.29) is 0 Å². The molecule has 0 heterocycles. The Bertz CT molecular complexity index is 325. The summed E-state index contributed by atoms with van der Waals surface area (Å²) in [5.74, 6) is 0.